The van der Waals surface area contributed by atoms with E-state index in [0.29, 0.717) is 5.96 Å². The number of halogens is 2. The van der Waals surface area contributed by atoms with Crippen LogP contribution in [0, 0.1) is 5.82 Å². The molecule has 1 aromatic heterocycles. The summed E-state index contributed by atoms with van der Waals surface area (Å²) in [6.07, 6.45) is 3.65. The first-order valence-electron chi connectivity index (χ1n) is 10.1. The molecule has 0 bridgehead atoms. The lowest BCUT2D eigenvalue weighted by Gasteiger charge is -2.34. The van der Waals surface area contributed by atoms with E-state index in [1.807, 2.05) is 18.3 Å². The SMILES string of the molecule is CN1CCN(c2ccc(C3N=C(N)NC4=C3CCc3ccc(F)cc34)nc2)CC1.Cl. The van der Waals surface area contributed by atoms with Gasteiger partial charge in [0.1, 0.15) is 11.9 Å². The number of benzene rings is 1. The van der Waals surface area contributed by atoms with Crippen LogP contribution in [-0.4, -0.2) is 49.1 Å². The van der Waals surface area contributed by atoms with Gasteiger partial charge in [0.25, 0.3) is 0 Å². The molecule has 0 radical (unpaired) electrons. The first kappa shape index (κ1) is 20.6. The maximum atomic E-state index is 13.9. The minimum absolute atomic E-state index is 0. The number of aromatic nitrogens is 1. The van der Waals surface area contributed by atoms with Crippen LogP contribution < -0.4 is 16.0 Å². The summed E-state index contributed by atoms with van der Waals surface area (Å²) in [6, 6.07) is 8.89. The summed E-state index contributed by atoms with van der Waals surface area (Å²) in [7, 11) is 2.15. The van der Waals surface area contributed by atoms with E-state index in [1.165, 1.54) is 6.07 Å². The number of hydrogen-bond donors (Lipinski definition) is 2. The molecule has 1 saturated heterocycles. The highest BCUT2D eigenvalue weighted by atomic mass is 35.5. The highest BCUT2D eigenvalue weighted by Gasteiger charge is 2.30. The van der Waals surface area contributed by atoms with Gasteiger partial charge in [0, 0.05) is 31.7 Å². The van der Waals surface area contributed by atoms with Gasteiger partial charge in [-0.25, -0.2) is 9.38 Å². The van der Waals surface area contributed by atoms with Gasteiger partial charge in [-0.2, -0.15) is 0 Å². The van der Waals surface area contributed by atoms with Gasteiger partial charge in [0.2, 0.25) is 0 Å². The number of nitrogens with two attached hydrogens (primary N) is 1. The molecule has 2 aliphatic heterocycles. The molecule has 3 heterocycles. The van der Waals surface area contributed by atoms with E-state index >= 15 is 0 Å². The second-order valence-corrected chi connectivity index (χ2v) is 7.98. The van der Waals surface area contributed by atoms with Crippen LogP contribution in [-0.2, 0) is 6.42 Å². The van der Waals surface area contributed by atoms with Crippen molar-refractivity contribution in [1.82, 2.24) is 15.2 Å². The van der Waals surface area contributed by atoms with Gasteiger partial charge in [-0.15, -0.1) is 12.4 Å². The molecule has 8 heteroatoms. The molecule has 1 unspecified atom stereocenters. The van der Waals surface area contributed by atoms with Gasteiger partial charge < -0.3 is 20.9 Å². The Hall–Kier alpha value is -2.64. The predicted octanol–water partition coefficient (Wildman–Crippen LogP) is 2.71. The Balaban J connectivity index is 0.00000218. The maximum Gasteiger partial charge on any atom is 0.194 e. The summed E-state index contributed by atoms with van der Waals surface area (Å²) < 4.78 is 13.9. The Kier molecular flexibility index (Phi) is 5.66. The number of piperazine rings is 1. The largest absolute Gasteiger partial charge is 0.370 e. The van der Waals surface area contributed by atoms with Crippen LogP contribution in [0.15, 0.2) is 47.1 Å². The standard InChI is InChI=1S/C22H25FN6.ClH/c1-28-8-10-29(11-9-28)16-5-7-19(25-13-16)21-17-6-3-14-2-4-15(23)12-18(14)20(17)26-22(24)27-21;/h2,4-5,7,12-13,21H,3,6,8-11H2,1H3,(H3,24,26,27);1H. The van der Waals surface area contributed by atoms with E-state index < -0.39 is 0 Å². The van der Waals surface area contributed by atoms with Crippen molar-refractivity contribution in [3.8, 4) is 0 Å². The fraction of sp³-hybridized carbons (Fsp3) is 0.364. The van der Waals surface area contributed by atoms with Crippen LogP contribution >= 0.6 is 12.4 Å². The van der Waals surface area contributed by atoms with E-state index in [1.54, 1.807) is 6.07 Å². The summed E-state index contributed by atoms with van der Waals surface area (Å²) >= 11 is 0. The molecule has 1 aliphatic carbocycles. The number of rotatable bonds is 2. The van der Waals surface area contributed by atoms with Crippen molar-refractivity contribution in [2.75, 3.05) is 38.1 Å². The Morgan fingerprint density at radius 2 is 1.90 bits per heavy atom. The molecule has 0 saturated carbocycles. The number of guanidine groups is 1. The summed E-state index contributed by atoms with van der Waals surface area (Å²) in [4.78, 5) is 14.1. The Morgan fingerprint density at radius 3 is 2.63 bits per heavy atom. The molecule has 158 valence electrons. The van der Waals surface area contributed by atoms with Crippen molar-refractivity contribution in [3.63, 3.8) is 0 Å². The van der Waals surface area contributed by atoms with Crippen LogP contribution in [0.2, 0.25) is 0 Å². The molecule has 1 fully saturated rings. The van der Waals surface area contributed by atoms with Crippen molar-refractivity contribution in [1.29, 1.82) is 0 Å². The topological polar surface area (TPSA) is 69.8 Å². The number of anilines is 1. The molecule has 1 aromatic carbocycles. The average Bonchev–Trinajstić information content (AvgIpc) is 2.74. The molecule has 3 N–H and O–H groups in total. The molecule has 5 rings (SSSR count). The van der Waals surface area contributed by atoms with Gasteiger partial charge in [-0.05, 0) is 55.3 Å². The van der Waals surface area contributed by atoms with E-state index in [9.17, 15) is 4.39 Å². The van der Waals surface area contributed by atoms with Crippen molar-refractivity contribution < 1.29 is 4.39 Å². The zero-order chi connectivity index (χ0) is 20.0. The third kappa shape index (κ3) is 3.75. The van der Waals surface area contributed by atoms with Crippen molar-refractivity contribution in [2.45, 2.75) is 18.9 Å². The monoisotopic (exact) mass is 428 g/mol. The second-order valence-electron chi connectivity index (χ2n) is 7.98. The Morgan fingerprint density at radius 1 is 1.10 bits per heavy atom. The zero-order valence-corrected chi connectivity index (χ0v) is 17.8. The molecule has 6 nitrogen and oxygen atoms in total. The fourth-order valence-corrected chi connectivity index (χ4v) is 4.42. The van der Waals surface area contributed by atoms with Crippen LogP contribution in [0.5, 0.6) is 0 Å². The summed E-state index contributed by atoms with van der Waals surface area (Å²) in [6.45, 7) is 4.13. The summed E-state index contributed by atoms with van der Waals surface area (Å²) in [5, 5.41) is 3.17. The van der Waals surface area contributed by atoms with Crippen LogP contribution in [0.4, 0.5) is 10.1 Å². The van der Waals surface area contributed by atoms with Crippen LogP contribution in [0.25, 0.3) is 5.70 Å². The predicted molar refractivity (Wildman–Crippen MR) is 120 cm³/mol. The highest BCUT2D eigenvalue weighted by molar-refractivity contribution is 5.92. The third-order valence-electron chi connectivity index (χ3n) is 6.10. The average molecular weight is 429 g/mol. The van der Waals surface area contributed by atoms with E-state index in [2.05, 4.69) is 33.2 Å². The number of aryl methyl sites for hydroxylation is 1. The Labute approximate surface area is 182 Å². The second kappa shape index (κ2) is 8.24. The molecular formula is C22H26ClFN6. The van der Waals surface area contributed by atoms with Gasteiger partial charge in [0.15, 0.2) is 5.96 Å². The lowest BCUT2D eigenvalue weighted by Crippen LogP contribution is -2.44. The van der Waals surface area contributed by atoms with Crippen LogP contribution in [0.1, 0.15) is 29.3 Å². The first-order chi connectivity index (χ1) is 14.1. The third-order valence-corrected chi connectivity index (χ3v) is 6.10. The minimum atomic E-state index is -0.244. The molecule has 0 spiro atoms. The number of nitrogens with one attached hydrogen (secondary N) is 1. The van der Waals surface area contributed by atoms with E-state index in [4.69, 9.17) is 10.7 Å². The number of aliphatic imine (C=N–C) groups is 1. The number of likely N-dealkylation sites (N-methyl/N-ethyl adjacent to an activating group) is 1. The molecule has 1 atom stereocenters. The summed E-state index contributed by atoms with van der Waals surface area (Å²) in [5.74, 6) is 0.0994. The first-order valence-corrected chi connectivity index (χ1v) is 10.1. The molecule has 3 aliphatic rings. The smallest absolute Gasteiger partial charge is 0.194 e. The van der Waals surface area contributed by atoms with Gasteiger partial charge >= 0.3 is 0 Å². The quantitative estimate of drug-likeness (QED) is 0.769. The normalized spacial score (nSPS) is 21.2. The maximum absolute atomic E-state index is 13.9. The molecule has 2 aromatic rings. The van der Waals surface area contributed by atoms with Crippen molar-refractivity contribution in [3.05, 3.63) is 64.7 Å². The molecule has 30 heavy (non-hydrogen) atoms. The van der Waals surface area contributed by atoms with E-state index in [0.717, 1.165) is 72.8 Å². The van der Waals surface area contributed by atoms with Gasteiger partial charge in [-0.3, -0.25) is 4.98 Å². The van der Waals surface area contributed by atoms with Crippen molar-refractivity contribution in [2.24, 2.45) is 10.7 Å². The number of nitrogens with zero attached hydrogens (tertiary/aromatic N) is 4. The number of fused-ring (bicyclic) bond motifs is 2. The number of hydrogen-bond acceptors (Lipinski definition) is 6. The fourth-order valence-electron chi connectivity index (χ4n) is 4.42. The van der Waals surface area contributed by atoms with Gasteiger partial charge in [-0.1, -0.05) is 6.07 Å². The lowest BCUT2D eigenvalue weighted by atomic mass is 9.84. The zero-order valence-electron chi connectivity index (χ0n) is 16.9. The van der Waals surface area contributed by atoms with Crippen LogP contribution in [0.3, 0.4) is 0 Å². The minimum Gasteiger partial charge on any atom is -0.370 e. The molecular weight excluding hydrogens is 403 g/mol. The summed E-state index contributed by atoms with van der Waals surface area (Å²) in [5.41, 5.74) is 12.1. The number of pyridine rings is 1. The van der Waals surface area contributed by atoms with Gasteiger partial charge in [0.05, 0.1) is 23.3 Å². The highest BCUT2D eigenvalue weighted by Crippen LogP contribution is 2.40. The van der Waals surface area contributed by atoms with E-state index in [-0.39, 0.29) is 24.3 Å². The lowest BCUT2D eigenvalue weighted by molar-refractivity contribution is 0.313. The molecule has 0 amide bonds. The Bertz CT molecular complexity index is 995. The van der Waals surface area contributed by atoms with Crippen molar-refractivity contribution >= 4 is 29.8 Å².